The largest absolute Gasteiger partial charge is 0.324 e. The molecular weight excluding hydrogens is 244 g/mol. The number of hydrogen-bond acceptors (Lipinski definition) is 2. The minimum Gasteiger partial charge on any atom is -0.324 e. The smallest absolute Gasteiger partial charge is 0.0780 e. The molecule has 0 saturated carbocycles. The van der Waals surface area contributed by atoms with Crippen molar-refractivity contribution in [1.29, 1.82) is 0 Å². The van der Waals surface area contributed by atoms with Crippen LogP contribution in [0.4, 0.5) is 0 Å². The molecule has 1 aliphatic rings. The Hall–Kier alpha value is -2.19. The maximum absolute atomic E-state index is 6.11. The first-order valence-corrected chi connectivity index (χ1v) is 7.05. The second-order valence-corrected chi connectivity index (χ2v) is 5.44. The first kappa shape index (κ1) is 11.6. The van der Waals surface area contributed by atoms with Gasteiger partial charge in [-0.05, 0) is 35.6 Å². The van der Waals surface area contributed by atoms with E-state index in [9.17, 15) is 0 Å². The van der Waals surface area contributed by atoms with E-state index in [-0.39, 0.29) is 6.04 Å². The van der Waals surface area contributed by atoms with Crippen LogP contribution in [0.3, 0.4) is 0 Å². The Morgan fingerprint density at radius 3 is 2.90 bits per heavy atom. The zero-order valence-corrected chi connectivity index (χ0v) is 11.2. The third-order valence-corrected chi connectivity index (χ3v) is 4.21. The predicted octanol–water partition coefficient (Wildman–Crippen LogP) is 3.85. The highest BCUT2D eigenvalue weighted by Gasteiger charge is 2.19. The van der Waals surface area contributed by atoms with Crippen LogP contribution >= 0.6 is 0 Å². The molecule has 98 valence electrons. The number of para-hydroxylation sites is 1. The predicted molar refractivity (Wildman–Crippen MR) is 82.4 cm³/mol. The summed E-state index contributed by atoms with van der Waals surface area (Å²) in [5.41, 5.74) is 12.3. The van der Waals surface area contributed by atoms with E-state index in [1.165, 1.54) is 27.6 Å². The molecule has 2 nitrogen and oxygen atoms in total. The Labute approximate surface area is 118 Å². The quantitative estimate of drug-likeness (QED) is 0.721. The van der Waals surface area contributed by atoms with Crippen LogP contribution in [0.15, 0.2) is 54.7 Å². The Balaban J connectivity index is 1.92. The molecule has 0 radical (unpaired) electrons. The normalized spacial score (nSPS) is 17.4. The van der Waals surface area contributed by atoms with Crippen molar-refractivity contribution in [1.82, 2.24) is 4.98 Å². The molecule has 1 aromatic heterocycles. The third kappa shape index (κ3) is 1.73. The van der Waals surface area contributed by atoms with Gasteiger partial charge in [0, 0.05) is 23.2 Å². The molecule has 0 amide bonds. The fourth-order valence-corrected chi connectivity index (χ4v) is 3.16. The van der Waals surface area contributed by atoms with E-state index in [1.54, 1.807) is 0 Å². The van der Waals surface area contributed by atoms with Crippen molar-refractivity contribution in [3.63, 3.8) is 0 Å². The Morgan fingerprint density at radius 1 is 1.05 bits per heavy atom. The summed E-state index contributed by atoms with van der Waals surface area (Å²) < 4.78 is 0. The lowest BCUT2D eigenvalue weighted by Gasteiger charge is -2.09. The first-order chi connectivity index (χ1) is 9.83. The van der Waals surface area contributed by atoms with Crippen LogP contribution in [0.25, 0.3) is 22.0 Å². The lowest BCUT2D eigenvalue weighted by molar-refractivity contribution is 0.713. The zero-order valence-electron chi connectivity index (χ0n) is 11.2. The minimum absolute atomic E-state index is 0.213. The molecule has 2 N–H and O–H groups in total. The number of pyridine rings is 1. The van der Waals surface area contributed by atoms with Crippen molar-refractivity contribution in [3.05, 3.63) is 65.9 Å². The molecule has 0 aliphatic heterocycles. The molecule has 1 atom stereocenters. The number of fused-ring (bicyclic) bond motifs is 2. The third-order valence-electron chi connectivity index (χ3n) is 4.21. The van der Waals surface area contributed by atoms with E-state index in [2.05, 4.69) is 47.4 Å². The second kappa shape index (κ2) is 4.43. The summed E-state index contributed by atoms with van der Waals surface area (Å²) in [5, 5.41) is 1.18. The average molecular weight is 260 g/mol. The van der Waals surface area contributed by atoms with Crippen LogP contribution in [0.5, 0.6) is 0 Å². The molecule has 1 aliphatic carbocycles. The maximum Gasteiger partial charge on any atom is 0.0780 e. The van der Waals surface area contributed by atoms with Crippen molar-refractivity contribution < 1.29 is 0 Å². The van der Waals surface area contributed by atoms with Gasteiger partial charge in [0.25, 0.3) is 0 Å². The highest BCUT2D eigenvalue weighted by Crippen LogP contribution is 2.34. The summed E-state index contributed by atoms with van der Waals surface area (Å²) in [6.45, 7) is 0. The number of nitrogens with zero attached hydrogens (tertiary/aromatic N) is 1. The summed E-state index contributed by atoms with van der Waals surface area (Å²) in [6.07, 6.45) is 4.00. The molecule has 0 fully saturated rings. The molecule has 20 heavy (non-hydrogen) atoms. The van der Waals surface area contributed by atoms with Gasteiger partial charge in [0.15, 0.2) is 0 Å². The number of rotatable bonds is 1. The van der Waals surface area contributed by atoms with E-state index >= 15 is 0 Å². The van der Waals surface area contributed by atoms with Gasteiger partial charge in [-0.3, -0.25) is 4.98 Å². The minimum atomic E-state index is 0.213. The molecule has 1 unspecified atom stereocenters. The van der Waals surface area contributed by atoms with Crippen molar-refractivity contribution in [2.75, 3.05) is 0 Å². The molecule has 3 aromatic rings. The van der Waals surface area contributed by atoms with Gasteiger partial charge in [-0.15, -0.1) is 0 Å². The SMILES string of the molecule is NC1CCc2cc(-c3cccc4cccnc34)ccc21. The van der Waals surface area contributed by atoms with E-state index in [0.717, 1.165) is 18.4 Å². The molecule has 0 saturated heterocycles. The molecule has 4 rings (SSSR count). The lowest BCUT2D eigenvalue weighted by Crippen LogP contribution is -2.04. The van der Waals surface area contributed by atoms with Crippen LogP contribution in [-0.2, 0) is 6.42 Å². The van der Waals surface area contributed by atoms with E-state index in [0.29, 0.717) is 0 Å². The molecule has 0 bridgehead atoms. The van der Waals surface area contributed by atoms with Crippen LogP contribution in [-0.4, -0.2) is 4.98 Å². The van der Waals surface area contributed by atoms with Crippen LogP contribution in [0, 0.1) is 0 Å². The van der Waals surface area contributed by atoms with Crippen molar-refractivity contribution in [2.45, 2.75) is 18.9 Å². The van der Waals surface area contributed by atoms with E-state index in [4.69, 9.17) is 5.73 Å². The average Bonchev–Trinajstić information content (AvgIpc) is 2.87. The fourth-order valence-electron chi connectivity index (χ4n) is 3.16. The Kier molecular flexibility index (Phi) is 2.57. The monoisotopic (exact) mass is 260 g/mol. The number of nitrogens with two attached hydrogens (primary N) is 1. The highest BCUT2D eigenvalue weighted by molar-refractivity contribution is 5.93. The number of aryl methyl sites for hydroxylation is 1. The second-order valence-electron chi connectivity index (χ2n) is 5.44. The molecule has 2 aromatic carbocycles. The summed E-state index contributed by atoms with van der Waals surface area (Å²) in [7, 11) is 0. The van der Waals surface area contributed by atoms with Gasteiger partial charge in [-0.1, -0.05) is 42.5 Å². The highest BCUT2D eigenvalue weighted by atomic mass is 14.7. The summed E-state index contributed by atoms with van der Waals surface area (Å²) in [6, 6.07) is 17.3. The number of aromatic nitrogens is 1. The van der Waals surface area contributed by atoms with Crippen molar-refractivity contribution in [2.24, 2.45) is 5.73 Å². The molecule has 0 spiro atoms. The van der Waals surface area contributed by atoms with Crippen LogP contribution in [0.2, 0.25) is 0 Å². The number of hydrogen-bond donors (Lipinski definition) is 1. The van der Waals surface area contributed by atoms with Gasteiger partial charge >= 0.3 is 0 Å². The summed E-state index contributed by atoms with van der Waals surface area (Å²) >= 11 is 0. The van der Waals surface area contributed by atoms with Gasteiger partial charge in [0.1, 0.15) is 0 Å². The number of benzene rings is 2. The van der Waals surface area contributed by atoms with Crippen molar-refractivity contribution in [3.8, 4) is 11.1 Å². The maximum atomic E-state index is 6.11. The standard InChI is InChI=1S/C18H16N2/c19-17-9-7-13-11-14(6-8-15(13)17)16-5-1-3-12-4-2-10-20-18(12)16/h1-6,8,10-11,17H,7,9,19H2. The van der Waals surface area contributed by atoms with Crippen molar-refractivity contribution >= 4 is 10.9 Å². The molecular formula is C18H16N2. The van der Waals surface area contributed by atoms with Crippen LogP contribution in [0.1, 0.15) is 23.6 Å². The van der Waals surface area contributed by atoms with Gasteiger partial charge in [-0.2, -0.15) is 0 Å². The Bertz CT molecular complexity index is 787. The molecule has 1 heterocycles. The molecule has 2 heteroatoms. The lowest BCUT2D eigenvalue weighted by atomic mass is 9.98. The first-order valence-electron chi connectivity index (χ1n) is 7.05. The van der Waals surface area contributed by atoms with Gasteiger partial charge in [0.05, 0.1) is 5.52 Å². The van der Waals surface area contributed by atoms with Gasteiger partial charge in [-0.25, -0.2) is 0 Å². The zero-order chi connectivity index (χ0) is 13.5. The topological polar surface area (TPSA) is 38.9 Å². The fraction of sp³-hybridized carbons (Fsp3) is 0.167. The summed E-state index contributed by atoms with van der Waals surface area (Å²) in [5.74, 6) is 0. The van der Waals surface area contributed by atoms with E-state index in [1.807, 2.05) is 12.3 Å². The Morgan fingerprint density at radius 2 is 1.95 bits per heavy atom. The van der Waals surface area contributed by atoms with Crippen LogP contribution < -0.4 is 5.73 Å². The van der Waals surface area contributed by atoms with Gasteiger partial charge < -0.3 is 5.73 Å². The summed E-state index contributed by atoms with van der Waals surface area (Å²) in [4.78, 5) is 4.54. The van der Waals surface area contributed by atoms with Gasteiger partial charge in [0.2, 0.25) is 0 Å². The van der Waals surface area contributed by atoms with E-state index < -0.39 is 0 Å².